The van der Waals surface area contributed by atoms with Gasteiger partial charge in [-0.1, -0.05) is 0 Å². The maximum Gasteiger partial charge on any atom is 0.320 e. The molecule has 0 spiro atoms. The Bertz CT molecular complexity index is 254. The first-order valence-corrected chi connectivity index (χ1v) is 6.37. The second-order valence-electron chi connectivity index (χ2n) is 4.91. The summed E-state index contributed by atoms with van der Waals surface area (Å²) in [7, 11) is 3.98. The number of β-amino-alcohol motifs (C(OH)–C–C–N with tert-alkyl or cyclic N) is 1. The zero-order valence-electron chi connectivity index (χ0n) is 11.4. The Morgan fingerprint density at radius 2 is 1.94 bits per heavy atom. The van der Waals surface area contributed by atoms with Crippen molar-refractivity contribution in [3.63, 3.8) is 0 Å². The molecule has 1 saturated heterocycles. The van der Waals surface area contributed by atoms with Gasteiger partial charge in [-0.05, 0) is 34.4 Å². The number of carbonyl (C=O) groups excluding carboxylic acids is 1. The van der Waals surface area contributed by atoms with Crippen molar-refractivity contribution in [3.05, 3.63) is 0 Å². The number of likely N-dealkylation sites (tertiary alicyclic amines) is 1. The SMILES string of the molecule is CCN(CC)C(=O)N1CC(O)CC1CN(C)C. The number of urea groups is 1. The first-order chi connectivity index (χ1) is 7.99. The minimum Gasteiger partial charge on any atom is -0.391 e. The van der Waals surface area contributed by atoms with Gasteiger partial charge in [0.05, 0.1) is 6.10 Å². The van der Waals surface area contributed by atoms with Gasteiger partial charge in [0.1, 0.15) is 0 Å². The van der Waals surface area contributed by atoms with Gasteiger partial charge in [0.15, 0.2) is 0 Å². The number of carbonyl (C=O) groups is 1. The third-order valence-corrected chi connectivity index (χ3v) is 3.25. The minimum absolute atomic E-state index is 0.0541. The van der Waals surface area contributed by atoms with Crippen LogP contribution in [0.15, 0.2) is 0 Å². The van der Waals surface area contributed by atoms with Crippen LogP contribution in [0.4, 0.5) is 4.79 Å². The number of rotatable bonds is 4. The van der Waals surface area contributed by atoms with E-state index in [0.29, 0.717) is 13.0 Å². The molecule has 17 heavy (non-hydrogen) atoms. The monoisotopic (exact) mass is 243 g/mol. The Kier molecular flexibility index (Phi) is 5.21. The zero-order chi connectivity index (χ0) is 13.0. The summed E-state index contributed by atoms with van der Waals surface area (Å²) in [5.74, 6) is 0. The van der Waals surface area contributed by atoms with E-state index in [1.54, 1.807) is 4.90 Å². The molecule has 0 aromatic rings. The predicted octanol–water partition coefficient (Wildman–Crippen LogP) is 0.445. The Morgan fingerprint density at radius 3 is 2.41 bits per heavy atom. The fourth-order valence-corrected chi connectivity index (χ4v) is 2.40. The van der Waals surface area contributed by atoms with E-state index < -0.39 is 0 Å². The molecular formula is C12H25N3O2. The summed E-state index contributed by atoms with van der Waals surface area (Å²) in [6.07, 6.45) is 0.310. The lowest BCUT2D eigenvalue weighted by Crippen LogP contribution is -2.48. The molecule has 0 aromatic heterocycles. The fraction of sp³-hybridized carbons (Fsp3) is 0.917. The van der Waals surface area contributed by atoms with Crippen molar-refractivity contribution in [2.45, 2.75) is 32.4 Å². The normalized spacial score (nSPS) is 24.5. The molecule has 0 bridgehead atoms. The third kappa shape index (κ3) is 3.57. The molecule has 1 N–H and O–H groups in total. The van der Waals surface area contributed by atoms with Crippen molar-refractivity contribution in [1.82, 2.24) is 14.7 Å². The summed E-state index contributed by atoms with van der Waals surface area (Å²) in [4.78, 5) is 18.0. The summed E-state index contributed by atoms with van der Waals surface area (Å²) < 4.78 is 0. The number of nitrogens with zero attached hydrogens (tertiary/aromatic N) is 3. The van der Waals surface area contributed by atoms with Gasteiger partial charge in [-0.2, -0.15) is 0 Å². The summed E-state index contributed by atoms with van der Waals surface area (Å²) in [5, 5.41) is 9.73. The molecule has 1 fully saturated rings. The van der Waals surface area contributed by atoms with E-state index in [4.69, 9.17) is 0 Å². The van der Waals surface area contributed by atoms with Crippen molar-refractivity contribution in [3.8, 4) is 0 Å². The molecular weight excluding hydrogens is 218 g/mol. The summed E-state index contributed by atoms with van der Waals surface area (Å²) in [6, 6.07) is 0.187. The molecule has 1 rings (SSSR count). The highest BCUT2D eigenvalue weighted by molar-refractivity contribution is 5.75. The van der Waals surface area contributed by atoms with E-state index in [1.165, 1.54) is 0 Å². The maximum atomic E-state index is 12.3. The Hall–Kier alpha value is -0.810. The Labute approximate surface area is 104 Å². The van der Waals surface area contributed by atoms with Gasteiger partial charge < -0.3 is 19.8 Å². The fourth-order valence-electron chi connectivity index (χ4n) is 2.40. The quantitative estimate of drug-likeness (QED) is 0.779. The van der Waals surface area contributed by atoms with E-state index in [9.17, 15) is 9.90 Å². The van der Waals surface area contributed by atoms with Gasteiger partial charge in [-0.25, -0.2) is 4.79 Å². The van der Waals surface area contributed by atoms with Gasteiger partial charge in [0.25, 0.3) is 0 Å². The molecule has 2 unspecified atom stereocenters. The lowest BCUT2D eigenvalue weighted by molar-refractivity contribution is 0.137. The standard InChI is InChI=1S/C12H25N3O2/c1-5-14(6-2)12(17)15-9-11(16)7-10(15)8-13(3)4/h10-11,16H,5-9H2,1-4H3. The smallest absolute Gasteiger partial charge is 0.320 e. The van der Waals surface area contributed by atoms with Crippen molar-refractivity contribution in [2.75, 3.05) is 40.3 Å². The number of aliphatic hydroxyl groups is 1. The Balaban J connectivity index is 2.69. The second-order valence-corrected chi connectivity index (χ2v) is 4.91. The number of amides is 2. The topological polar surface area (TPSA) is 47.0 Å². The molecule has 0 aromatic carbocycles. The molecule has 0 aliphatic carbocycles. The molecule has 1 aliphatic rings. The maximum absolute atomic E-state index is 12.3. The van der Waals surface area contributed by atoms with E-state index in [0.717, 1.165) is 19.6 Å². The van der Waals surface area contributed by atoms with Crippen LogP contribution in [-0.4, -0.2) is 78.3 Å². The molecule has 100 valence electrons. The second kappa shape index (κ2) is 6.21. The van der Waals surface area contributed by atoms with Crippen LogP contribution < -0.4 is 0 Å². The predicted molar refractivity (Wildman–Crippen MR) is 68.0 cm³/mol. The van der Waals surface area contributed by atoms with Gasteiger partial charge in [-0.3, -0.25) is 0 Å². The molecule has 1 heterocycles. The number of aliphatic hydroxyl groups excluding tert-OH is 1. The van der Waals surface area contributed by atoms with Crippen LogP contribution in [0.5, 0.6) is 0 Å². The largest absolute Gasteiger partial charge is 0.391 e. The highest BCUT2D eigenvalue weighted by Gasteiger charge is 2.35. The van der Waals surface area contributed by atoms with Crippen LogP contribution in [0, 0.1) is 0 Å². The van der Waals surface area contributed by atoms with E-state index in [2.05, 4.69) is 4.90 Å². The van der Waals surface area contributed by atoms with Crippen molar-refractivity contribution in [2.24, 2.45) is 0 Å². The van der Waals surface area contributed by atoms with Crippen LogP contribution in [0.25, 0.3) is 0 Å². The molecule has 0 radical (unpaired) electrons. The third-order valence-electron chi connectivity index (χ3n) is 3.25. The van der Waals surface area contributed by atoms with Crippen LogP contribution in [0.3, 0.4) is 0 Å². The van der Waals surface area contributed by atoms with Gasteiger partial charge >= 0.3 is 6.03 Å². The van der Waals surface area contributed by atoms with E-state index in [-0.39, 0.29) is 18.2 Å². The number of hydrogen-bond donors (Lipinski definition) is 1. The van der Waals surface area contributed by atoms with Crippen molar-refractivity contribution in [1.29, 1.82) is 0 Å². The first-order valence-electron chi connectivity index (χ1n) is 6.37. The molecule has 5 heteroatoms. The highest BCUT2D eigenvalue weighted by atomic mass is 16.3. The molecule has 2 amide bonds. The van der Waals surface area contributed by atoms with Gasteiger partial charge in [-0.15, -0.1) is 0 Å². The van der Waals surface area contributed by atoms with Crippen molar-refractivity contribution >= 4 is 6.03 Å². The summed E-state index contributed by atoms with van der Waals surface area (Å²) in [5.41, 5.74) is 0. The molecule has 0 saturated carbocycles. The number of hydrogen-bond acceptors (Lipinski definition) is 3. The van der Waals surface area contributed by atoms with Gasteiger partial charge in [0, 0.05) is 32.2 Å². The first kappa shape index (κ1) is 14.3. The lowest BCUT2D eigenvalue weighted by atomic mass is 10.2. The van der Waals surface area contributed by atoms with E-state index in [1.807, 2.05) is 32.8 Å². The summed E-state index contributed by atoms with van der Waals surface area (Å²) in [6.45, 7) is 6.68. The zero-order valence-corrected chi connectivity index (χ0v) is 11.4. The highest BCUT2D eigenvalue weighted by Crippen LogP contribution is 2.20. The van der Waals surface area contributed by atoms with Crippen LogP contribution in [-0.2, 0) is 0 Å². The Morgan fingerprint density at radius 1 is 1.35 bits per heavy atom. The van der Waals surface area contributed by atoms with Crippen LogP contribution in [0.1, 0.15) is 20.3 Å². The summed E-state index contributed by atoms with van der Waals surface area (Å²) >= 11 is 0. The molecule has 5 nitrogen and oxygen atoms in total. The molecule has 2 atom stereocenters. The average molecular weight is 243 g/mol. The van der Waals surface area contributed by atoms with Gasteiger partial charge in [0.2, 0.25) is 0 Å². The lowest BCUT2D eigenvalue weighted by Gasteiger charge is -2.31. The minimum atomic E-state index is -0.375. The van der Waals surface area contributed by atoms with Crippen molar-refractivity contribution < 1.29 is 9.90 Å². The van der Waals surface area contributed by atoms with Crippen LogP contribution >= 0.6 is 0 Å². The number of likely N-dealkylation sites (N-methyl/N-ethyl adjacent to an activating group) is 1. The van der Waals surface area contributed by atoms with Crippen LogP contribution in [0.2, 0.25) is 0 Å². The molecule has 1 aliphatic heterocycles. The van der Waals surface area contributed by atoms with E-state index >= 15 is 0 Å². The average Bonchev–Trinajstić information content (AvgIpc) is 2.60.